The van der Waals surface area contributed by atoms with Crippen molar-refractivity contribution in [2.24, 2.45) is 0 Å². The molecule has 5 heteroatoms. The first-order valence-corrected chi connectivity index (χ1v) is 7.92. The van der Waals surface area contributed by atoms with Gasteiger partial charge in [-0.2, -0.15) is 0 Å². The van der Waals surface area contributed by atoms with Crippen molar-refractivity contribution in [2.75, 3.05) is 0 Å². The molecule has 1 aromatic carbocycles. The maximum atomic E-state index is 6.06. The molecule has 4 rings (SSSR count). The average molecular weight is 324 g/mol. The first-order valence-electron chi connectivity index (χ1n) is 6.72. The van der Waals surface area contributed by atoms with Gasteiger partial charge in [0.25, 0.3) is 0 Å². The zero-order valence-electron chi connectivity index (χ0n) is 11.4. The van der Waals surface area contributed by atoms with Crippen LogP contribution in [0.15, 0.2) is 61.1 Å². The van der Waals surface area contributed by atoms with Crippen LogP contribution in [-0.4, -0.2) is 15.0 Å². The second-order valence-corrected chi connectivity index (χ2v) is 6.28. The predicted octanol–water partition coefficient (Wildman–Crippen LogP) is 5.07. The standard InChI is InChI=1S/C17H10ClN3S/c18-14-5-1-3-11(7-14)13-8-15-16(20-10-13)21-17(22-15)12-4-2-6-19-9-12/h1-10H. The van der Waals surface area contributed by atoms with Gasteiger partial charge in [0.05, 0.1) is 4.70 Å². The summed E-state index contributed by atoms with van der Waals surface area (Å²) >= 11 is 7.68. The second-order valence-electron chi connectivity index (χ2n) is 4.82. The minimum Gasteiger partial charge on any atom is -0.264 e. The van der Waals surface area contributed by atoms with E-state index in [1.807, 2.05) is 48.8 Å². The summed E-state index contributed by atoms with van der Waals surface area (Å²) in [5, 5.41) is 1.65. The van der Waals surface area contributed by atoms with E-state index in [2.05, 4.69) is 21.0 Å². The topological polar surface area (TPSA) is 38.7 Å². The summed E-state index contributed by atoms with van der Waals surface area (Å²) in [5.74, 6) is 0. The van der Waals surface area contributed by atoms with E-state index in [0.717, 1.165) is 37.1 Å². The summed E-state index contributed by atoms with van der Waals surface area (Å²) in [5.41, 5.74) is 3.86. The van der Waals surface area contributed by atoms with Crippen LogP contribution in [0.1, 0.15) is 0 Å². The molecule has 0 bridgehead atoms. The van der Waals surface area contributed by atoms with Crippen LogP contribution in [0.5, 0.6) is 0 Å². The molecule has 0 saturated heterocycles. The van der Waals surface area contributed by atoms with Gasteiger partial charge in [-0.1, -0.05) is 23.7 Å². The lowest BCUT2D eigenvalue weighted by molar-refractivity contribution is 1.30. The van der Waals surface area contributed by atoms with Gasteiger partial charge in [0.1, 0.15) is 5.01 Å². The number of thiazole rings is 1. The number of halogens is 1. The SMILES string of the molecule is Clc1cccc(-c2cnc3nc(-c4cccnc4)sc3c2)c1. The quantitative estimate of drug-likeness (QED) is 0.516. The van der Waals surface area contributed by atoms with Crippen LogP contribution < -0.4 is 0 Å². The Morgan fingerprint density at radius 2 is 1.82 bits per heavy atom. The molecule has 0 aliphatic heterocycles. The van der Waals surface area contributed by atoms with E-state index in [-0.39, 0.29) is 0 Å². The molecule has 0 unspecified atom stereocenters. The van der Waals surface area contributed by atoms with Crippen molar-refractivity contribution in [3.63, 3.8) is 0 Å². The zero-order chi connectivity index (χ0) is 14.9. The van der Waals surface area contributed by atoms with Crippen LogP contribution in [0.3, 0.4) is 0 Å². The third-order valence-electron chi connectivity index (χ3n) is 3.31. The van der Waals surface area contributed by atoms with Crippen molar-refractivity contribution in [2.45, 2.75) is 0 Å². The van der Waals surface area contributed by atoms with E-state index >= 15 is 0 Å². The summed E-state index contributed by atoms with van der Waals surface area (Å²) in [6.45, 7) is 0. The van der Waals surface area contributed by atoms with Crippen LogP contribution in [0, 0.1) is 0 Å². The molecule has 3 aromatic heterocycles. The highest BCUT2D eigenvalue weighted by molar-refractivity contribution is 7.21. The van der Waals surface area contributed by atoms with Gasteiger partial charge in [-0.25, -0.2) is 9.97 Å². The summed E-state index contributed by atoms with van der Waals surface area (Å²) in [6.07, 6.45) is 5.41. The number of fused-ring (bicyclic) bond motifs is 1. The Hall–Kier alpha value is -2.30. The minimum absolute atomic E-state index is 0.720. The summed E-state index contributed by atoms with van der Waals surface area (Å²) in [4.78, 5) is 13.2. The van der Waals surface area contributed by atoms with Gasteiger partial charge in [-0.05, 0) is 35.9 Å². The Balaban J connectivity index is 1.82. The largest absolute Gasteiger partial charge is 0.264 e. The molecular formula is C17H10ClN3S. The Bertz CT molecular complexity index is 950. The molecule has 0 amide bonds. The summed E-state index contributed by atoms with van der Waals surface area (Å²) in [6, 6.07) is 13.8. The summed E-state index contributed by atoms with van der Waals surface area (Å²) in [7, 11) is 0. The van der Waals surface area contributed by atoms with Gasteiger partial charge in [-0.3, -0.25) is 4.98 Å². The van der Waals surface area contributed by atoms with Crippen molar-refractivity contribution in [3.05, 3.63) is 66.1 Å². The highest BCUT2D eigenvalue weighted by Gasteiger charge is 2.09. The van der Waals surface area contributed by atoms with Gasteiger partial charge in [-0.15, -0.1) is 11.3 Å². The number of aromatic nitrogens is 3. The molecule has 0 N–H and O–H groups in total. The molecule has 0 aliphatic carbocycles. The number of pyridine rings is 2. The lowest BCUT2D eigenvalue weighted by Crippen LogP contribution is -1.82. The van der Waals surface area contributed by atoms with Crippen molar-refractivity contribution >= 4 is 33.3 Å². The molecule has 0 saturated carbocycles. The fraction of sp³-hybridized carbons (Fsp3) is 0. The van der Waals surface area contributed by atoms with Crippen LogP contribution in [-0.2, 0) is 0 Å². The van der Waals surface area contributed by atoms with Gasteiger partial charge in [0.2, 0.25) is 0 Å². The molecule has 0 aliphatic rings. The smallest absolute Gasteiger partial charge is 0.170 e. The third kappa shape index (κ3) is 2.47. The van der Waals surface area contributed by atoms with Gasteiger partial charge in [0, 0.05) is 34.7 Å². The van der Waals surface area contributed by atoms with E-state index in [1.54, 1.807) is 17.5 Å². The molecule has 4 aromatic rings. The lowest BCUT2D eigenvalue weighted by Gasteiger charge is -2.01. The number of rotatable bonds is 2. The number of benzene rings is 1. The van der Waals surface area contributed by atoms with Crippen LogP contribution in [0.4, 0.5) is 0 Å². The number of hydrogen-bond acceptors (Lipinski definition) is 4. The molecule has 0 fully saturated rings. The third-order valence-corrected chi connectivity index (χ3v) is 4.59. The molecule has 3 nitrogen and oxygen atoms in total. The van der Waals surface area contributed by atoms with E-state index in [0.29, 0.717) is 0 Å². The Morgan fingerprint density at radius 3 is 2.64 bits per heavy atom. The van der Waals surface area contributed by atoms with Crippen LogP contribution >= 0.6 is 22.9 Å². The molecule has 0 atom stereocenters. The van der Waals surface area contributed by atoms with Gasteiger partial charge < -0.3 is 0 Å². The molecule has 22 heavy (non-hydrogen) atoms. The van der Waals surface area contributed by atoms with Gasteiger partial charge in [0.15, 0.2) is 5.65 Å². The van der Waals surface area contributed by atoms with E-state index in [9.17, 15) is 0 Å². The second kappa shape index (κ2) is 5.48. The molecular weight excluding hydrogens is 314 g/mol. The average Bonchev–Trinajstić information content (AvgIpc) is 2.99. The Labute approximate surface area is 136 Å². The fourth-order valence-corrected chi connectivity index (χ4v) is 3.40. The van der Waals surface area contributed by atoms with E-state index < -0.39 is 0 Å². The Morgan fingerprint density at radius 1 is 0.909 bits per heavy atom. The van der Waals surface area contributed by atoms with E-state index in [4.69, 9.17) is 11.6 Å². The Kier molecular flexibility index (Phi) is 3.33. The zero-order valence-corrected chi connectivity index (χ0v) is 13.0. The van der Waals surface area contributed by atoms with Crippen molar-refractivity contribution in [1.29, 1.82) is 0 Å². The van der Waals surface area contributed by atoms with Crippen LogP contribution in [0.2, 0.25) is 5.02 Å². The molecule has 106 valence electrons. The lowest BCUT2D eigenvalue weighted by atomic mass is 10.1. The highest BCUT2D eigenvalue weighted by Crippen LogP contribution is 2.31. The molecule has 3 heterocycles. The fourth-order valence-electron chi connectivity index (χ4n) is 2.26. The van der Waals surface area contributed by atoms with E-state index in [1.165, 1.54) is 0 Å². The van der Waals surface area contributed by atoms with Crippen molar-refractivity contribution < 1.29 is 0 Å². The van der Waals surface area contributed by atoms with Crippen molar-refractivity contribution in [1.82, 2.24) is 15.0 Å². The first kappa shape index (κ1) is 13.4. The number of hydrogen-bond donors (Lipinski definition) is 0. The summed E-state index contributed by atoms with van der Waals surface area (Å²) < 4.78 is 1.05. The number of nitrogens with zero attached hydrogens (tertiary/aromatic N) is 3. The molecule has 0 spiro atoms. The monoisotopic (exact) mass is 323 g/mol. The predicted molar refractivity (Wildman–Crippen MR) is 91.1 cm³/mol. The maximum absolute atomic E-state index is 6.06. The highest BCUT2D eigenvalue weighted by atomic mass is 35.5. The molecule has 0 radical (unpaired) electrons. The first-order chi connectivity index (χ1) is 10.8. The maximum Gasteiger partial charge on any atom is 0.170 e. The van der Waals surface area contributed by atoms with Crippen molar-refractivity contribution in [3.8, 4) is 21.7 Å². The van der Waals surface area contributed by atoms with Crippen LogP contribution in [0.25, 0.3) is 32.0 Å². The minimum atomic E-state index is 0.720. The van der Waals surface area contributed by atoms with Gasteiger partial charge >= 0.3 is 0 Å². The normalized spacial score (nSPS) is 11.0.